The number of benzene rings is 2. The Kier molecular flexibility index (Phi) is 5.50. The third-order valence-corrected chi connectivity index (χ3v) is 3.76. The molecule has 2 rings (SSSR count). The average molecular weight is 327 g/mol. The van der Waals surface area contributed by atoms with Gasteiger partial charge in [-0.05, 0) is 54.3 Å². The van der Waals surface area contributed by atoms with Crippen LogP contribution in [0.1, 0.15) is 33.3 Å². The summed E-state index contributed by atoms with van der Waals surface area (Å²) < 4.78 is 10.8. The highest BCUT2D eigenvalue weighted by Gasteiger charge is 2.16. The van der Waals surface area contributed by atoms with Gasteiger partial charge in [0.15, 0.2) is 6.10 Å². The first-order valence-corrected chi connectivity index (χ1v) is 8.02. The quantitative estimate of drug-likeness (QED) is 0.885. The SMILES string of the molecule is COc1ccc(NC(=O)[C@H](C)Oc2ccc(C(C)(C)C)cc2)cc1. The topological polar surface area (TPSA) is 47.6 Å². The number of nitrogens with one attached hydrogen (secondary N) is 1. The average Bonchev–Trinajstić information content (AvgIpc) is 2.55. The molecule has 1 amide bonds. The van der Waals surface area contributed by atoms with Crippen LogP contribution in [-0.2, 0) is 10.2 Å². The van der Waals surface area contributed by atoms with E-state index in [1.165, 1.54) is 5.56 Å². The first kappa shape index (κ1) is 17.9. The van der Waals surface area contributed by atoms with Gasteiger partial charge in [-0.2, -0.15) is 0 Å². The maximum Gasteiger partial charge on any atom is 0.265 e. The molecule has 0 saturated heterocycles. The van der Waals surface area contributed by atoms with Gasteiger partial charge in [-0.15, -0.1) is 0 Å². The van der Waals surface area contributed by atoms with Crippen LogP contribution in [0.15, 0.2) is 48.5 Å². The molecule has 0 aliphatic heterocycles. The second kappa shape index (κ2) is 7.39. The van der Waals surface area contributed by atoms with E-state index >= 15 is 0 Å². The Hall–Kier alpha value is -2.49. The Bertz CT molecular complexity index is 670. The normalized spacial score (nSPS) is 12.4. The third kappa shape index (κ3) is 4.75. The van der Waals surface area contributed by atoms with Crippen LogP contribution in [0.3, 0.4) is 0 Å². The van der Waals surface area contributed by atoms with Gasteiger partial charge in [0, 0.05) is 5.69 Å². The lowest BCUT2D eigenvalue weighted by Crippen LogP contribution is -2.30. The molecule has 4 nitrogen and oxygen atoms in total. The molecule has 128 valence electrons. The van der Waals surface area contributed by atoms with Crippen LogP contribution < -0.4 is 14.8 Å². The van der Waals surface area contributed by atoms with Crippen molar-refractivity contribution in [3.05, 3.63) is 54.1 Å². The zero-order valence-corrected chi connectivity index (χ0v) is 14.9. The minimum atomic E-state index is -0.590. The summed E-state index contributed by atoms with van der Waals surface area (Å²) in [5.41, 5.74) is 2.03. The highest BCUT2D eigenvalue weighted by molar-refractivity contribution is 5.94. The highest BCUT2D eigenvalue weighted by atomic mass is 16.5. The number of carbonyl (C=O) groups excluding carboxylic acids is 1. The van der Waals surface area contributed by atoms with Crippen LogP contribution >= 0.6 is 0 Å². The van der Waals surface area contributed by atoms with Gasteiger partial charge in [-0.25, -0.2) is 0 Å². The Labute approximate surface area is 143 Å². The van der Waals surface area contributed by atoms with E-state index in [2.05, 4.69) is 26.1 Å². The van der Waals surface area contributed by atoms with Gasteiger partial charge in [0.25, 0.3) is 5.91 Å². The number of hydrogen-bond acceptors (Lipinski definition) is 3. The molecule has 4 heteroatoms. The minimum Gasteiger partial charge on any atom is -0.497 e. The van der Waals surface area contributed by atoms with Gasteiger partial charge in [-0.1, -0.05) is 32.9 Å². The lowest BCUT2D eigenvalue weighted by molar-refractivity contribution is -0.122. The van der Waals surface area contributed by atoms with Crippen LogP contribution in [-0.4, -0.2) is 19.1 Å². The number of anilines is 1. The van der Waals surface area contributed by atoms with Crippen LogP contribution in [0.4, 0.5) is 5.69 Å². The molecule has 0 bridgehead atoms. The second-order valence-corrected chi connectivity index (χ2v) is 6.75. The zero-order valence-electron chi connectivity index (χ0n) is 14.9. The van der Waals surface area contributed by atoms with Crippen molar-refractivity contribution in [2.45, 2.75) is 39.2 Å². The molecule has 0 unspecified atom stereocenters. The second-order valence-electron chi connectivity index (χ2n) is 6.75. The van der Waals surface area contributed by atoms with E-state index in [0.29, 0.717) is 11.4 Å². The summed E-state index contributed by atoms with van der Waals surface area (Å²) in [7, 11) is 1.61. The predicted octanol–water partition coefficient (Wildman–Crippen LogP) is 4.40. The molecule has 2 aromatic carbocycles. The van der Waals surface area contributed by atoms with Crippen molar-refractivity contribution in [2.75, 3.05) is 12.4 Å². The van der Waals surface area contributed by atoms with Crippen molar-refractivity contribution in [1.29, 1.82) is 0 Å². The fourth-order valence-corrected chi connectivity index (χ4v) is 2.21. The molecule has 0 saturated carbocycles. The van der Waals surface area contributed by atoms with E-state index < -0.39 is 6.10 Å². The molecule has 24 heavy (non-hydrogen) atoms. The Balaban J connectivity index is 1.95. The van der Waals surface area contributed by atoms with E-state index in [-0.39, 0.29) is 11.3 Å². The molecular formula is C20H25NO3. The van der Waals surface area contributed by atoms with Crippen LogP contribution in [0, 0.1) is 0 Å². The lowest BCUT2D eigenvalue weighted by Gasteiger charge is -2.20. The number of methoxy groups -OCH3 is 1. The van der Waals surface area contributed by atoms with E-state index in [9.17, 15) is 4.79 Å². The van der Waals surface area contributed by atoms with E-state index in [1.54, 1.807) is 38.3 Å². The molecule has 2 aromatic rings. The molecular weight excluding hydrogens is 302 g/mol. The summed E-state index contributed by atoms with van der Waals surface area (Å²) in [5, 5.41) is 2.83. The Morgan fingerprint density at radius 1 is 0.958 bits per heavy atom. The van der Waals surface area contributed by atoms with Gasteiger partial charge in [0.2, 0.25) is 0 Å². The van der Waals surface area contributed by atoms with Gasteiger partial charge in [-0.3, -0.25) is 4.79 Å². The number of hydrogen-bond donors (Lipinski definition) is 1. The maximum atomic E-state index is 12.2. The van der Waals surface area contributed by atoms with Crippen molar-refractivity contribution >= 4 is 11.6 Å². The fraction of sp³-hybridized carbons (Fsp3) is 0.350. The fourth-order valence-electron chi connectivity index (χ4n) is 2.21. The smallest absolute Gasteiger partial charge is 0.265 e. The van der Waals surface area contributed by atoms with Crippen molar-refractivity contribution in [3.8, 4) is 11.5 Å². The van der Waals surface area contributed by atoms with Gasteiger partial charge in [0.05, 0.1) is 7.11 Å². The van der Waals surface area contributed by atoms with Gasteiger partial charge < -0.3 is 14.8 Å². The van der Waals surface area contributed by atoms with E-state index in [1.807, 2.05) is 24.3 Å². The predicted molar refractivity (Wildman–Crippen MR) is 96.9 cm³/mol. The number of ether oxygens (including phenoxy) is 2. The molecule has 0 aliphatic rings. The first-order valence-electron chi connectivity index (χ1n) is 8.02. The van der Waals surface area contributed by atoms with Crippen molar-refractivity contribution < 1.29 is 14.3 Å². The monoisotopic (exact) mass is 327 g/mol. The highest BCUT2D eigenvalue weighted by Crippen LogP contribution is 2.24. The molecule has 0 aliphatic carbocycles. The summed E-state index contributed by atoms with van der Waals surface area (Å²) >= 11 is 0. The van der Waals surface area contributed by atoms with Crippen molar-refractivity contribution in [2.24, 2.45) is 0 Å². The molecule has 0 heterocycles. The van der Waals surface area contributed by atoms with E-state index in [4.69, 9.17) is 9.47 Å². The maximum absolute atomic E-state index is 12.2. The Morgan fingerprint density at radius 3 is 2.00 bits per heavy atom. The van der Waals surface area contributed by atoms with Crippen molar-refractivity contribution in [3.63, 3.8) is 0 Å². The number of rotatable bonds is 5. The van der Waals surface area contributed by atoms with E-state index in [0.717, 1.165) is 5.75 Å². The standard InChI is InChI=1S/C20H25NO3/c1-14(19(22)21-16-8-12-17(23-5)13-9-16)24-18-10-6-15(7-11-18)20(2,3)4/h6-14H,1-5H3,(H,21,22)/t14-/m0/s1. The number of carbonyl (C=O) groups is 1. The lowest BCUT2D eigenvalue weighted by atomic mass is 9.87. The molecule has 0 radical (unpaired) electrons. The minimum absolute atomic E-state index is 0.0931. The number of amides is 1. The molecule has 0 spiro atoms. The first-order chi connectivity index (χ1) is 11.3. The molecule has 1 atom stereocenters. The third-order valence-electron chi connectivity index (χ3n) is 3.76. The van der Waals surface area contributed by atoms with Crippen molar-refractivity contribution in [1.82, 2.24) is 0 Å². The summed E-state index contributed by atoms with van der Waals surface area (Å²) in [6, 6.07) is 15.0. The largest absolute Gasteiger partial charge is 0.497 e. The molecule has 0 fully saturated rings. The molecule has 0 aromatic heterocycles. The summed E-state index contributed by atoms with van der Waals surface area (Å²) in [4.78, 5) is 12.2. The molecule has 1 N–H and O–H groups in total. The van der Waals surface area contributed by atoms with Gasteiger partial charge in [0.1, 0.15) is 11.5 Å². The van der Waals surface area contributed by atoms with Crippen LogP contribution in [0.5, 0.6) is 11.5 Å². The van der Waals surface area contributed by atoms with Gasteiger partial charge >= 0.3 is 0 Å². The zero-order chi connectivity index (χ0) is 17.7. The summed E-state index contributed by atoms with van der Waals surface area (Å²) in [6.07, 6.45) is -0.590. The summed E-state index contributed by atoms with van der Waals surface area (Å²) in [5.74, 6) is 1.23. The Morgan fingerprint density at radius 2 is 1.50 bits per heavy atom. The van der Waals surface area contributed by atoms with Crippen LogP contribution in [0.25, 0.3) is 0 Å². The van der Waals surface area contributed by atoms with Crippen LogP contribution in [0.2, 0.25) is 0 Å². The summed E-state index contributed by atoms with van der Waals surface area (Å²) in [6.45, 7) is 8.21.